The van der Waals surface area contributed by atoms with Crippen LogP contribution < -0.4 is 0 Å². The van der Waals surface area contributed by atoms with Gasteiger partial charge in [-0.15, -0.1) is 0 Å². The molecule has 0 fully saturated rings. The molecular formula is C12H16O. The molecule has 0 amide bonds. The Balaban J connectivity index is 3.07. The molecule has 70 valence electrons. The lowest BCUT2D eigenvalue weighted by Gasteiger charge is -2.07. The molecule has 0 atom stereocenters. The summed E-state index contributed by atoms with van der Waals surface area (Å²) in [4.78, 5) is 0. The van der Waals surface area contributed by atoms with Crippen molar-refractivity contribution in [2.24, 2.45) is 0 Å². The SMILES string of the molecule is CCC(=C(C)C)c1ccc(O)cc1. The number of aromatic hydroxyl groups is 1. The number of allylic oxidation sites excluding steroid dienone is 2. The maximum Gasteiger partial charge on any atom is 0.115 e. The van der Waals surface area contributed by atoms with Gasteiger partial charge in [0.2, 0.25) is 0 Å². The Morgan fingerprint density at radius 2 is 1.69 bits per heavy atom. The van der Waals surface area contributed by atoms with Crippen LogP contribution in [0, 0.1) is 0 Å². The molecule has 0 saturated heterocycles. The molecule has 0 radical (unpaired) electrons. The molecule has 1 heteroatoms. The fourth-order valence-corrected chi connectivity index (χ4v) is 1.51. The molecule has 0 heterocycles. The second kappa shape index (κ2) is 4.13. The zero-order chi connectivity index (χ0) is 9.84. The predicted octanol–water partition coefficient (Wildman–Crippen LogP) is 3.60. The highest BCUT2D eigenvalue weighted by Gasteiger charge is 2.00. The second-order valence-electron chi connectivity index (χ2n) is 3.38. The van der Waals surface area contributed by atoms with Gasteiger partial charge in [-0.3, -0.25) is 0 Å². The van der Waals surface area contributed by atoms with E-state index >= 15 is 0 Å². The predicted molar refractivity (Wildman–Crippen MR) is 56.7 cm³/mol. The lowest BCUT2D eigenvalue weighted by atomic mass is 9.99. The maximum atomic E-state index is 9.13. The molecule has 0 aliphatic carbocycles. The highest BCUT2D eigenvalue weighted by Crippen LogP contribution is 2.23. The van der Waals surface area contributed by atoms with Crippen LogP contribution in [-0.4, -0.2) is 5.11 Å². The third-order valence-electron chi connectivity index (χ3n) is 2.17. The van der Waals surface area contributed by atoms with E-state index in [1.165, 1.54) is 16.7 Å². The highest BCUT2D eigenvalue weighted by atomic mass is 16.3. The molecule has 0 saturated carbocycles. The van der Waals surface area contributed by atoms with Crippen LogP contribution in [0.1, 0.15) is 32.8 Å². The summed E-state index contributed by atoms with van der Waals surface area (Å²) in [6, 6.07) is 7.38. The van der Waals surface area contributed by atoms with E-state index in [1.54, 1.807) is 12.1 Å². The van der Waals surface area contributed by atoms with E-state index < -0.39 is 0 Å². The Bertz CT molecular complexity index is 302. The molecule has 0 bridgehead atoms. The third-order valence-corrected chi connectivity index (χ3v) is 2.17. The minimum atomic E-state index is 0.327. The number of benzene rings is 1. The zero-order valence-electron chi connectivity index (χ0n) is 8.46. The van der Waals surface area contributed by atoms with E-state index in [-0.39, 0.29) is 0 Å². The molecule has 1 aromatic rings. The number of phenolic OH excluding ortho intramolecular Hbond substituents is 1. The summed E-state index contributed by atoms with van der Waals surface area (Å²) in [6.45, 7) is 6.38. The van der Waals surface area contributed by atoms with E-state index in [1.807, 2.05) is 12.1 Å². The lowest BCUT2D eigenvalue weighted by molar-refractivity contribution is 0.475. The summed E-state index contributed by atoms with van der Waals surface area (Å²) in [5.74, 6) is 0.327. The lowest BCUT2D eigenvalue weighted by Crippen LogP contribution is -1.84. The normalized spacial score (nSPS) is 9.77. The largest absolute Gasteiger partial charge is 0.508 e. The first-order chi connectivity index (χ1) is 6.15. The molecule has 0 aliphatic heterocycles. The van der Waals surface area contributed by atoms with Crippen molar-refractivity contribution in [2.75, 3.05) is 0 Å². The first-order valence-corrected chi connectivity index (χ1v) is 4.61. The van der Waals surface area contributed by atoms with Gasteiger partial charge in [-0.2, -0.15) is 0 Å². The number of hydrogen-bond acceptors (Lipinski definition) is 1. The minimum absolute atomic E-state index is 0.327. The summed E-state index contributed by atoms with van der Waals surface area (Å²) in [5, 5.41) is 9.13. The van der Waals surface area contributed by atoms with E-state index in [2.05, 4.69) is 20.8 Å². The number of hydrogen-bond donors (Lipinski definition) is 1. The van der Waals surface area contributed by atoms with Crippen LogP contribution in [0.4, 0.5) is 0 Å². The van der Waals surface area contributed by atoms with Gasteiger partial charge in [-0.05, 0) is 43.5 Å². The average molecular weight is 176 g/mol. The Hall–Kier alpha value is -1.24. The Morgan fingerprint density at radius 1 is 1.15 bits per heavy atom. The molecule has 13 heavy (non-hydrogen) atoms. The monoisotopic (exact) mass is 176 g/mol. The van der Waals surface area contributed by atoms with Crippen LogP contribution in [0.25, 0.3) is 5.57 Å². The van der Waals surface area contributed by atoms with Gasteiger partial charge < -0.3 is 5.11 Å². The van der Waals surface area contributed by atoms with Crippen molar-refractivity contribution in [1.29, 1.82) is 0 Å². The summed E-state index contributed by atoms with van der Waals surface area (Å²) >= 11 is 0. The van der Waals surface area contributed by atoms with Crippen LogP contribution in [-0.2, 0) is 0 Å². The standard InChI is InChI=1S/C12H16O/c1-4-12(9(2)3)10-5-7-11(13)8-6-10/h5-8,13H,4H2,1-3H3. The van der Waals surface area contributed by atoms with Gasteiger partial charge in [0.1, 0.15) is 5.75 Å². The van der Waals surface area contributed by atoms with E-state index in [4.69, 9.17) is 5.11 Å². The number of phenols is 1. The zero-order valence-corrected chi connectivity index (χ0v) is 8.46. The molecule has 0 aromatic heterocycles. The molecule has 0 aliphatic rings. The van der Waals surface area contributed by atoms with Crippen molar-refractivity contribution in [2.45, 2.75) is 27.2 Å². The van der Waals surface area contributed by atoms with E-state index in [0.29, 0.717) is 5.75 Å². The molecule has 1 nitrogen and oxygen atoms in total. The Morgan fingerprint density at radius 3 is 2.08 bits per heavy atom. The van der Waals surface area contributed by atoms with Crippen molar-refractivity contribution in [3.8, 4) is 5.75 Å². The maximum absolute atomic E-state index is 9.13. The smallest absolute Gasteiger partial charge is 0.115 e. The topological polar surface area (TPSA) is 20.2 Å². The fourth-order valence-electron chi connectivity index (χ4n) is 1.51. The summed E-state index contributed by atoms with van der Waals surface area (Å²) < 4.78 is 0. The van der Waals surface area contributed by atoms with Crippen molar-refractivity contribution in [3.05, 3.63) is 35.4 Å². The quantitative estimate of drug-likeness (QED) is 0.730. The van der Waals surface area contributed by atoms with Crippen molar-refractivity contribution < 1.29 is 5.11 Å². The molecule has 1 rings (SSSR count). The van der Waals surface area contributed by atoms with Crippen LogP contribution in [0.3, 0.4) is 0 Å². The van der Waals surface area contributed by atoms with Gasteiger partial charge in [0.25, 0.3) is 0 Å². The third kappa shape index (κ3) is 2.35. The minimum Gasteiger partial charge on any atom is -0.508 e. The first kappa shape index (κ1) is 9.85. The van der Waals surface area contributed by atoms with Crippen LogP contribution in [0.2, 0.25) is 0 Å². The highest BCUT2D eigenvalue weighted by molar-refractivity contribution is 5.68. The molecule has 0 spiro atoms. The average Bonchev–Trinajstić information content (AvgIpc) is 2.09. The van der Waals surface area contributed by atoms with Crippen molar-refractivity contribution in [1.82, 2.24) is 0 Å². The van der Waals surface area contributed by atoms with Crippen LogP contribution in [0.15, 0.2) is 29.8 Å². The first-order valence-electron chi connectivity index (χ1n) is 4.61. The molecule has 1 aromatic carbocycles. The Kier molecular flexibility index (Phi) is 3.13. The van der Waals surface area contributed by atoms with Crippen molar-refractivity contribution >= 4 is 5.57 Å². The summed E-state index contributed by atoms with van der Waals surface area (Å²) in [5.41, 5.74) is 3.91. The van der Waals surface area contributed by atoms with Gasteiger partial charge in [0.15, 0.2) is 0 Å². The van der Waals surface area contributed by atoms with Crippen LogP contribution >= 0.6 is 0 Å². The number of rotatable bonds is 2. The van der Waals surface area contributed by atoms with Crippen LogP contribution in [0.5, 0.6) is 5.75 Å². The van der Waals surface area contributed by atoms with E-state index in [0.717, 1.165) is 6.42 Å². The van der Waals surface area contributed by atoms with E-state index in [9.17, 15) is 0 Å². The van der Waals surface area contributed by atoms with Crippen molar-refractivity contribution in [3.63, 3.8) is 0 Å². The van der Waals surface area contributed by atoms with Gasteiger partial charge in [-0.1, -0.05) is 24.6 Å². The van der Waals surface area contributed by atoms with Gasteiger partial charge in [0, 0.05) is 0 Å². The Labute approximate surface area is 79.7 Å². The fraction of sp³-hybridized carbons (Fsp3) is 0.333. The molecule has 0 unspecified atom stereocenters. The molecule has 1 N–H and O–H groups in total. The van der Waals surface area contributed by atoms with Gasteiger partial charge >= 0.3 is 0 Å². The second-order valence-corrected chi connectivity index (χ2v) is 3.38. The van der Waals surface area contributed by atoms with Gasteiger partial charge in [-0.25, -0.2) is 0 Å². The molecular weight excluding hydrogens is 160 g/mol. The van der Waals surface area contributed by atoms with Gasteiger partial charge in [0.05, 0.1) is 0 Å². The summed E-state index contributed by atoms with van der Waals surface area (Å²) in [7, 11) is 0. The summed E-state index contributed by atoms with van der Waals surface area (Å²) in [6.07, 6.45) is 1.03.